The summed E-state index contributed by atoms with van der Waals surface area (Å²) in [5.41, 5.74) is 2.27. The van der Waals surface area contributed by atoms with Crippen molar-refractivity contribution in [1.82, 2.24) is 24.1 Å². The highest BCUT2D eigenvalue weighted by atomic mass is 32.1. The summed E-state index contributed by atoms with van der Waals surface area (Å²) in [7, 11) is 3.77. The third-order valence-corrected chi connectivity index (χ3v) is 5.15. The van der Waals surface area contributed by atoms with Crippen LogP contribution in [0, 0.1) is 6.92 Å². The number of benzene rings is 1. The molecule has 4 rings (SSSR count). The number of aromatic nitrogens is 5. The van der Waals surface area contributed by atoms with Crippen LogP contribution >= 0.6 is 11.3 Å². The van der Waals surface area contributed by atoms with Crippen molar-refractivity contribution in [2.24, 2.45) is 0 Å². The van der Waals surface area contributed by atoms with Crippen LogP contribution in [0.25, 0.3) is 16.0 Å². The molecule has 1 aromatic carbocycles. The molecule has 0 aliphatic heterocycles. The standard InChI is InChI=1S/C17H17N7O2S/c1-10-5-4-6-11(7-10)19-12(25)8-24-17(26)23-9-18-14-13(15(23)21-24)27-16(20-14)22(2)3/h4-7,9H,8H2,1-3H3,(H,19,25). The second-order valence-corrected chi connectivity index (χ2v) is 7.32. The largest absolute Gasteiger partial charge is 0.354 e. The molecule has 0 atom stereocenters. The number of nitrogens with one attached hydrogen (secondary N) is 1. The average molecular weight is 383 g/mol. The highest BCUT2D eigenvalue weighted by Crippen LogP contribution is 2.28. The Morgan fingerprint density at radius 3 is 2.89 bits per heavy atom. The fraction of sp³-hybridized carbons (Fsp3) is 0.235. The number of hydrogen-bond acceptors (Lipinski definition) is 7. The third-order valence-electron chi connectivity index (χ3n) is 3.94. The molecule has 0 bridgehead atoms. The zero-order valence-electron chi connectivity index (χ0n) is 15.0. The number of aryl methyl sites for hydroxylation is 1. The maximum Gasteiger partial charge on any atom is 0.352 e. The third kappa shape index (κ3) is 3.14. The second kappa shape index (κ2) is 6.47. The molecule has 4 aromatic rings. The molecule has 0 spiro atoms. The lowest BCUT2D eigenvalue weighted by Crippen LogP contribution is -2.28. The molecule has 0 fully saturated rings. The molecule has 0 unspecified atom stereocenters. The zero-order chi connectivity index (χ0) is 19.1. The smallest absolute Gasteiger partial charge is 0.352 e. The van der Waals surface area contributed by atoms with Gasteiger partial charge in [-0.2, -0.15) is 4.98 Å². The number of amides is 1. The van der Waals surface area contributed by atoms with E-state index < -0.39 is 5.69 Å². The van der Waals surface area contributed by atoms with E-state index in [1.54, 1.807) is 6.07 Å². The number of rotatable bonds is 4. The highest BCUT2D eigenvalue weighted by Gasteiger charge is 2.17. The van der Waals surface area contributed by atoms with Crippen LogP contribution in [0.5, 0.6) is 0 Å². The van der Waals surface area contributed by atoms with Gasteiger partial charge in [0, 0.05) is 19.8 Å². The summed E-state index contributed by atoms with van der Waals surface area (Å²) in [4.78, 5) is 35.4. The minimum Gasteiger partial charge on any atom is -0.354 e. The number of carbonyl (C=O) groups excluding carboxylic acids is 1. The Balaban J connectivity index is 1.67. The minimum atomic E-state index is -0.418. The van der Waals surface area contributed by atoms with Gasteiger partial charge in [0.15, 0.2) is 16.4 Å². The van der Waals surface area contributed by atoms with Crippen molar-refractivity contribution < 1.29 is 4.79 Å². The van der Waals surface area contributed by atoms with Crippen molar-refractivity contribution in [1.29, 1.82) is 0 Å². The summed E-state index contributed by atoms with van der Waals surface area (Å²) < 4.78 is 3.17. The van der Waals surface area contributed by atoms with Gasteiger partial charge in [-0.25, -0.2) is 18.9 Å². The molecule has 0 aliphatic carbocycles. The first-order valence-electron chi connectivity index (χ1n) is 8.21. The lowest BCUT2D eigenvalue weighted by Gasteiger charge is -2.05. The summed E-state index contributed by atoms with van der Waals surface area (Å²) in [6, 6.07) is 7.46. The molecule has 138 valence electrons. The predicted molar refractivity (Wildman–Crippen MR) is 105 cm³/mol. The number of anilines is 2. The van der Waals surface area contributed by atoms with Crippen LogP contribution in [0.2, 0.25) is 0 Å². The Morgan fingerprint density at radius 2 is 2.15 bits per heavy atom. The highest BCUT2D eigenvalue weighted by molar-refractivity contribution is 7.22. The molecule has 1 N–H and O–H groups in total. The Bertz CT molecular complexity index is 1220. The SMILES string of the molecule is Cc1cccc(NC(=O)Cn2nc3c4sc(N(C)C)nc4ncn3c2=O)c1. The van der Waals surface area contributed by atoms with E-state index in [1.165, 1.54) is 22.1 Å². The van der Waals surface area contributed by atoms with E-state index in [1.807, 2.05) is 44.1 Å². The molecule has 3 aromatic heterocycles. The van der Waals surface area contributed by atoms with Crippen molar-refractivity contribution in [2.45, 2.75) is 13.5 Å². The molecule has 10 heteroatoms. The Hall–Kier alpha value is -3.27. The molecule has 3 heterocycles. The van der Waals surface area contributed by atoms with Gasteiger partial charge in [-0.1, -0.05) is 23.5 Å². The number of nitrogens with zero attached hydrogens (tertiary/aromatic N) is 6. The van der Waals surface area contributed by atoms with Crippen LogP contribution in [-0.4, -0.2) is 44.2 Å². The Labute approximate surface area is 157 Å². The van der Waals surface area contributed by atoms with Crippen molar-refractivity contribution >= 4 is 44.1 Å². The zero-order valence-corrected chi connectivity index (χ0v) is 15.8. The first kappa shape index (κ1) is 17.2. The molecule has 1 amide bonds. The normalized spacial score (nSPS) is 11.2. The van der Waals surface area contributed by atoms with Crippen molar-refractivity contribution in [2.75, 3.05) is 24.3 Å². The lowest BCUT2D eigenvalue weighted by atomic mass is 10.2. The number of carbonyl (C=O) groups is 1. The van der Waals surface area contributed by atoms with E-state index in [9.17, 15) is 9.59 Å². The Kier molecular flexibility index (Phi) is 4.11. The predicted octanol–water partition coefficient (Wildman–Crippen LogP) is 1.51. The summed E-state index contributed by atoms with van der Waals surface area (Å²) >= 11 is 1.40. The van der Waals surface area contributed by atoms with Crippen LogP contribution < -0.4 is 15.9 Å². The van der Waals surface area contributed by atoms with Crippen LogP contribution in [0.15, 0.2) is 35.4 Å². The minimum absolute atomic E-state index is 0.185. The van der Waals surface area contributed by atoms with Crippen LogP contribution in [0.1, 0.15) is 5.56 Å². The summed E-state index contributed by atoms with van der Waals surface area (Å²) in [5.74, 6) is -0.325. The molecular weight excluding hydrogens is 366 g/mol. The van der Waals surface area contributed by atoms with Gasteiger partial charge in [-0.15, -0.1) is 5.10 Å². The van der Waals surface area contributed by atoms with E-state index >= 15 is 0 Å². The molecule has 27 heavy (non-hydrogen) atoms. The number of fused-ring (bicyclic) bond motifs is 3. The van der Waals surface area contributed by atoms with Crippen molar-refractivity contribution in [3.05, 3.63) is 46.6 Å². The maximum absolute atomic E-state index is 12.6. The summed E-state index contributed by atoms with van der Waals surface area (Å²) in [6.45, 7) is 1.76. The first-order valence-corrected chi connectivity index (χ1v) is 9.02. The van der Waals surface area contributed by atoms with Gasteiger partial charge >= 0.3 is 5.69 Å². The molecule has 9 nitrogen and oxygen atoms in total. The van der Waals surface area contributed by atoms with Crippen molar-refractivity contribution in [3.8, 4) is 0 Å². The summed E-state index contributed by atoms with van der Waals surface area (Å²) in [6.07, 6.45) is 1.39. The number of thiazole rings is 1. The quantitative estimate of drug-likeness (QED) is 0.574. The van der Waals surface area contributed by atoms with E-state index in [2.05, 4.69) is 20.4 Å². The second-order valence-electron chi connectivity index (χ2n) is 6.34. The van der Waals surface area contributed by atoms with E-state index in [-0.39, 0.29) is 12.5 Å². The van der Waals surface area contributed by atoms with E-state index in [0.717, 1.165) is 15.4 Å². The van der Waals surface area contributed by atoms with E-state index in [4.69, 9.17) is 0 Å². The summed E-state index contributed by atoms with van der Waals surface area (Å²) in [5, 5.41) is 7.88. The van der Waals surface area contributed by atoms with E-state index in [0.29, 0.717) is 21.7 Å². The topological polar surface area (TPSA) is 97.4 Å². The van der Waals surface area contributed by atoms with Gasteiger partial charge in [0.1, 0.15) is 17.6 Å². The molecule has 0 radical (unpaired) electrons. The van der Waals surface area contributed by atoms with Gasteiger partial charge in [0.25, 0.3) is 0 Å². The lowest BCUT2D eigenvalue weighted by molar-refractivity contribution is -0.117. The van der Waals surface area contributed by atoms with Crippen LogP contribution in [0.3, 0.4) is 0 Å². The Morgan fingerprint density at radius 1 is 1.33 bits per heavy atom. The molecular formula is C17H17N7O2S. The van der Waals surface area contributed by atoms with Gasteiger partial charge in [-0.05, 0) is 24.6 Å². The average Bonchev–Trinajstić information content (AvgIpc) is 3.17. The molecule has 0 aliphatic rings. The first-order chi connectivity index (χ1) is 12.9. The van der Waals surface area contributed by atoms with Crippen LogP contribution in [-0.2, 0) is 11.3 Å². The molecule has 0 saturated carbocycles. The fourth-order valence-corrected chi connectivity index (χ4v) is 3.60. The molecule has 0 saturated heterocycles. The van der Waals surface area contributed by atoms with Gasteiger partial charge < -0.3 is 10.2 Å². The van der Waals surface area contributed by atoms with Crippen molar-refractivity contribution in [3.63, 3.8) is 0 Å². The maximum atomic E-state index is 12.6. The fourth-order valence-electron chi connectivity index (χ4n) is 2.68. The van der Waals surface area contributed by atoms with Gasteiger partial charge in [0.05, 0.1) is 0 Å². The monoisotopic (exact) mass is 383 g/mol. The number of hydrogen-bond donors (Lipinski definition) is 1. The van der Waals surface area contributed by atoms with Gasteiger partial charge in [-0.3, -0.25) is 4.79 Å². The van der Waals surface area contributed by atoms with Crippen LogP contribution in [0.4, 0.5) is 10.8 Å². The van der Waals surface area contributed by atoms with Gasteiger partial charge in [0.2, 0.25) is 5.91 Å².